The molecule has 0 bridgehead atoms. The largest absolute Gasteiger partial charge is 0.458 e. The first-order valence-electron chi connectivity index (χ1n) is 21.0. The number of hydrogen-bond acceptors (Lipinski definition) is 2. The van der Waals surface area contributed by atoms with Gasteiger partial charge in [0.05, 0.1) is 33.4 Å². The van der Waals surface area contributed by atoms with Crippen molar-refractivity contribution in [3.05, 3.63) is 200 Å². The molecular weight excluding hydrogens is 743 g/mol. The summed E-state index contributed by atoms with van der Waals surface area (Å²) >= 11 is 0. The molecular formula is C56H33BN2O2. The Kier molecular flexibility index (Phi) is 6.61. The van der Waals surface area contributed by atoms with Crippen LogP contribution in [0.1, 0.15) is 0 Å². The molecule has 2 aromatic heterocycles. The molecule has 0 saturated heterocycles. The number of rotatable bonds is 3. The Morgan fingerprint density at radius 3 is 1.18 bits per heavy atom. The molecule has 0 fully saturated rings. The van der Waals surface area contributed by atoms with Gasteiger partial charge in [0.15, 0.2) is 0 Å². The summed E-state index contributed by atoms with van der Waals surface area (Å²) in [6.45, 7) is -0.0143. The number of fused-ring (bicyclic) bond motifs is 12. The van der Waals surface area contributed by atoms with Crippen LogP contribution in [0.2, 0.25) is 0 Å². The molecule has 0 N–H and O–H groups in total. The van der Waals surface area contributed by atoms with Crippen molar-refractivity contribution < 1.29 is 9.47 Å². The van der Waals surface area contributed by atoms with Crippen LogP contribution in [-0.2, 0) is 0 Å². The van der Waals surface area contributed by atoms with Crippen LogP contribution in [0, 0.1) is 0 Å². The van der Waals surface area contributed by atoms with E-state index in [1.165, 1.54) is 43.6 Å². The molecule has 0 saturated carbocycles. The topological polar surface area (TPSA) is 28.3 Å². The summed E-state index contributed by atoms with van der Waals surface area (Å²) in [5, 5.41) is 9.54. The van der Waals surface area contributed by atoms with Gasteiger partial charge in [0, 0.05) is 43.3 Å². The lowest BCUT2D eigenvalue weighted by Gasteiger charge is -2.33. The third kappa shape index (κ3) is 4.50. The lowest BCUT2D eigenvalue weighted by molar-refractivity contribution is 0.465. The van der Waals surface area contributed by atoms with Crippen LogP contribution >= 0.6 is 0 Å². The number of nitrogens with zero attached hydrogens (tertiary/aromatic N) is 2. The molecule has 0 atom stereocenters. The predicted molar refractivity (Wildman–Crippen MR) is 253 cm³/mol. The fourth-order valence-electron chi connectivity index (χ4n) is 10.8. The van der Waals surface area contributed by atoms with Crippen molar-refractivity contribution in [2.75, 3.05) is 0 Å². The Morgan fingerprint density at radius 1 is 0.344 bits per heavy atom. The van der Waals surface area contributed by atoms with E-state index in [-0.39, 0.29) is 6.71 Å². The van der Waals surface area contributed by atoms with Crippen molar-refractivity contribution in [3.8, 4) is 45.5 Å². The Hall–Kier alpha value is -8.02. The average Bonchev–Trinajstić information content (AvgIpc) is 3.83. The van der Waals surface area contributed by atoms with E-state index in [1.807, 2.05) is 0 Å². The molecule has 4 nitrogen and oxygen atoms in total. The number of aromatic nitrogens is 2. The van der Waals surface area contributed by atoms with E-state index in [2.05, 4.69) is 209 Å². The summed E-state index contributed by atoms with van der Waals surface area (Å²) in [4.78, 5) is 0. The third-order valence-corrected chi connectivity index (χ3v) is 13.2. The maximum Gasteiger partial charge on any atom is 0.260 e. The van der Waals surface area contributed by atoms with E-state index >= 15 is 0 Å². The standard InChI is InChI=1S/C56H33BN2O2/c1-7-23-43-37(17-1)38-18-2-8-24-44(38)58(43)47-27-13-15-34-31-35-16-14-28-48(59-45-25-9-3-19-39(45)40-20-4-10-26-46(40)59)54(35)55(53(34)47)36-32-51-56-52(33-36)61-50-30-12-6-22-42(50)57(56)41-21-5-11-29-49(41)60-51/h1-33H. The van der Waals surface area contributed by atoms with Crippen LogP contribution in [-0.4, -0.2) is 15.8 Å². The number of hydrogen-bond donors (Lipinski definition) is 0. The first kappa shape index (κ1) is 32.9. The molecule has 10 aromatic carbocycles. The zero-order valence-corrected chi connectivity index (χ0v) is 32.8. The van der Waals surface area contributed by atoms with E-state index in [9.17, 15) is 0 Å². The van der Waals surface area contributed by atoms with Crippen molar-refractivity contribution in [3.63, 3.8) is 0 Å². The molecule has 0 radical (unpaired) electrons. The molecule has 0 spiro atoms. The van der Waals surface area contributed by atoms with Crippen LogP contribution in [0.25, 0.3) is 87.7 Å². The summed E-state index contributed by atoms with van der Waals surface area (Å²) in [6, 6.07) is 72.5. The van der Waals surface area contributed by atoms with Gasteiger partial charge in [0.25, 0.3) is 6.71 Å². The molecule has 282 valence electrons. The van der Waals surface area contributed by atoms with Crippen LogP contribution in [0.15, 0.2) is 200 Å². The molecule has 14 rings (SSSR count). The highest BCUT2D eigenvalue weighted by molar-refractivity contribution is 6.98. The number of para-hydroxylation sites is 6. The van der Waals surface area contributed by atoms with Gasteiger partial charge in [-0.3, -0.25) is 0 Å². The van der Waals surface area contributed by atoms with Gasteiger partial charge in [0.1, 0.15) is 23.0 Å². The second kappa shape index (κ2) is 12.3. The summed E-state index contributed by atoms with van der Waals surface area (Å²) in [6.07, 6.45) is 0. The van der Waals surface area contributed by atoms with E-state index in [1.54, 1.807) is 0 Å². The molecule has 61 heavy (non-hydrogen) atoms. The number of benzene rings is 10. The van der Waals surface area contributed by atoms with Crippen LogP contribution in [0.5, 0.6) is 23.0 Å². The van der Waals surface area contributed by atoms with Gasteiger partial charge in [-0.1, -0.05) is 133 Å². The second-order valence-corrected chi connectivity index (χ2v) is 16.3. The second-order valence-electron chi connectivity index (χ2n) is 16.3. The fourth-order valence-corrected chi connectivity index (χ4v) is 10.8. The zero-order valence-electron chi connectivity index (χ0n) is 32.8. The SMILES string of the molecule is c1ccc2c(c1)Oc1cc(-c3c4c(-n5c6ccccc6c6ccccc65)cccc4cc4cccc(-n5c6ccccc6c6ccccc65)c34)cc3c1B2c1ccccc1O3. The van der Waals surface area contributed by atoms with Crippen LogP contribution in [0.4, 0.5) is 0 Å². The summed E-state index contributed by atoms with van der Waals surface area (Å²) in [7, 11) is 0. The van der Waals surface area contributed by atoms with Gasteiger partial charge in [-0.05, 0) is 94.0 Å². The van der Waals surface area contributed by atoms with E-state index < -0.39 is 0 Å². The maximum absolute atomic E-state index is 6.97. The highest BCUT2D eigenvalue weighted by Gasteiger charge is 2.40. The average molecular weight is 777 g/mol. The third-order valence-electron chi connectivity index (χ3n) is 13.2. The first-order chi connectivity index (χ1) is 30.3. The van der Waals surface area contributed by atoms with Crippen LogP contribution < -0.4 is 25.9 Å². The van der Waals surface area contributed by atoms with Gasteiger partial charge in [0.2, 0.25) is 0 Å². The predicted octanol–water partition coefficient (Wildman–Crippen LogP) is 12.6. The zero-order chi connectivity index (χ0) is 39.8. The molecule has 5 heteroatoms. The highest BCUT2D eigenvalue weighted by atomic mass is 16.5. The van der Waals surface area contributed by atoms with Gasteiger partial charge in [-0.2, -0.15) is 0 Å². The van der Waals surface area contributed by atoms with Crippen molar-refractivity contribution in [2.45, 2.75) is 0 Å². The summed E-state index contributed by atoms with van der Waals surface area (Å²) in [5.41, 5.74) is 12.4. The molecule has 12 aromatic rings. The Labute approximate surface area is 351 Å². The smallest absolute Gasteiger partial charge is 0.260 e. The molecule has 0 aliphatic carbocycles. The summed E-state index contributed by atoms with van der Waals surface area (Å²) in [5.74, 6) is 3.39. The Bertz CT molecular complexity index is 3510. The number of ether oxygens (including phenoxy) is 2. The van der Waals surface area contributed by atoms with Crippen molar-refractivity contribution in [1.82, 2.24) is 9.13 Å². The minimum atomic E-state index is -0.0143. The van der Waals surface area contributed by atoms with Crippen molar-refractivity contribution in [2.24, 2.45) is 0 Å². The van der Waals surface area contributed by atoms with Crippen LogP contribution in [0.3, 0.4) is 0 Å². The fraction of sp³-hybridized carbons (Fsp3) is 0. The molecule has 2 aliphatic rings. The first-order valence-corrected chi connectivity index (χ1v) is 21.0. The van der Waals surface area contributed by atoms with Gasteiger partial charge in [-0.25, -0.2) is 0 Å². The maximum atomic E-state index is 6.97. The quantitative estimate of drug-likeness (QED) is 0.132. The summed E-state index contributed by atoms with van der Waals surface area (Å²) < 4.78 is 18.9. The van der Waals surface area contributed by atoms with E-state index in [0.717, 1.165) is 83.4 Å². The van der Waals surface area contributed by atoms with Gasteiger partial charge >= 0.3 is 0 Å². The highest BCUT2D eigenvalue weighted by Crippen LogP contribution is 2.48. The van der Waals surface area contributed by atoms with Crippen molar-refractivity contribution >= 4 is 88.3 Å². The van der Waals surface area contributed by atoms with Crippen molar-refractivity contribution in [1.29, 1.82) is 0 Å². The van der Waals surface area contributed by atoms with E-state index in [0.29, 0.717) is 0 Å². The van der Waals surface area contributed by atoms with Gasteiger partial charge < -0.3 is 18.6 Å². The van der Waals surface area contributed by atoms with E-state index in [4.69, 9.17) is 9.47 Å². The Morgan fingerprint density at radius 2 is 0.738 bits per heavy atom. The Balaban J connectivity index is 1.17. The molecule has 0 unspecified atom stereocenters. The normalized spacial score (nSPS) is 12.8. The molecule has 0 amide bonds. The molecule has 4 heterocycles. The molecule has 2 aliphatic heterocycles. The lowest BCUT2D eigenvalue weighted by Crippen LogP contribution is -2.57. The lowest BCUT2D eigenvalue weighted by atomic mass is 9.35. The minimum Gasteiger partial charge on any atom is -0.458 e. The monoisotopic (exact) mass is 776 g/mol. The minimum absolute atomic E-state index is 0.0143. The van der Waals surface area contributed by atoms with Gasteiger partial charge in [-0.15, -0.1) is 0 Å².